The van der Waals surface area contributed by atoms with Gasteiger partial charge in [0.1, 0.15) is 0 Å². The Hall–Kier alpha value is -1.22. The van der Waals surface area contributed by atoms with Crippen LogP contribution >= 0.6 is 0 Å². The highest BCUT2D eigenvalue weighted by molar-refractivity contribution is 5.81. The zero-order valence-electron chi connectivity index (χ0n) is 17.2. The zero-order valence-corrected chi connectivity index (χ0v) is 17.2. The molecule has 0 aliphatic rings. The lowest BCUT2D eigenvalue weighted by Gasteiger charge is -2.12. The predicted molar refractivity (Wildman–Crippen MR) is 111 cm³/mol. The summed E-state index contributed by atoms with van der Waals surface area (Å²) in [7, 11) is 0. The van der Waals surface area contributed by atoms with E-state index >= 15 is 0 Å². The van der Waals surface area contributed by atoms with Gasteiger partial charge < -0.3 is 32.7 Å². The molecule has 0 aliphatic carbocycles. The van der Waals surface area contributed by atoms with Gasteiger partial charge in [0.15, 0.2) is 0 Å². The molecule has 0 heterocycles. The maximum Gasteiger partial charge on any atom is 0.236 e. The van der Waals surface area contributed by atoms with Crippen molar-refractivity contribution in [1.29, 1.82) is 0 Å². The summed E-state index contributed by atoms with van der Waals surface area (Å²) in [4.78, 5) is 23.2. The first kappa shape index (κ1) is 25.8. The van der Waals surface area contributed by atoms with E-state index in [9.17, 15) is 9.59 Å². The van der Waals surface area contributed by atoms with E-state index in [0.717, 1.165) is 64.8 Å². The minimum atomic E-state index is -0.507. The van der Waals surface area contributed by atoms with Crippen LogP contribution in [0.25, 0.3) is 0 Å². The first-order valence-electron chi connectivity index (χ1n) is 10.5. The topological polar surface area (TPSA) is 134 Å². The molecule has 0 unspecified atom stereocenters. The molecule has 0 aromatic rings. The average Bonchev–Trinajstić information content (AvgIpc) is 2.66. The zero-order chi connectivity index (χ0) is 20.2. The van der Waals surface area contributed by atoms with E-state index in [0.29, 0.717) is 32.4 Å². The second-order valence-corrected chi connectivity index (χ2v) is 6.84. The molecule has 1 atom stereocenters. The Bertz CT molecular complexity index is 368. The second kappa shape index (κ2) is 19.5. The van der Waals surface area contributed by atoms with Gasteiger partial charge in [0.25, 0.3) is 0 Å². The Morgan fingerprint density at radius 2 is 1.41 bits per heavy atom. The Kier molecular flexibility index (Phi) is 18.7. The quantitative estimate of drug-likeness (QED) is 0.171. The molecule has 0 rings (SSSR count). The Balaban J connectivity index is 3.38. The standard InChI is InChI=1S/C19H42N6O2/c1-2-8-18(26)24-15-5-9-17(21)19(27)25-16-7-14-23-12-4-3-11-22-13-6-10-20/h17,22-23H,2-16,20-21H2,1H3,(H,24,26)(H,25,27)/t17-/m1/s1. The van der Waals surface area contributed by atoms with Gasteiger partial charge in [-0.2, -0.15) is 0 Å². The summed E-state index contributed by atoms with van der Waals surface area (Å²) in [6.07, 6.45) is 6.90. The molecule has 0 spiro atoms. The van der Waals surface area contributed by atoms with Gasteiger partial charge in [0, 0.05) is 19.5 Å². The minimum absolute atomic E-state index is 0.0610. The maximum absolute atomic E-state index is 11.9. The Labute approximate surface area is 165 Å². The highest BCUT2D eigenvalue weighted by Gasteiger charge is 2.12. The molecular weight excluding hydrogens is 344 g/mol. The van der Waals surface area contributed by atoms with Crippen molar-refractivity contribution in [1.82, 2.24) is 21.3 Å². The van der Waals surface area contributed by atoms with Crippen molar-refractivity contribution in [2.24, 2.45) is 11.5 Å². The molecule has 27 heavy (non-hydrogen) atoms. The summed E-state index contributed by atoms with van der Waals surface area (Å²) in [5.74, 6) is -0.0516. The SMILES string of the molecule is CCCC(=O)NCCC[C@@H](N)C(=O)NCCCNCCCCNCCCN. The van der Waals surface area contributed by atoms with Crippen LogP contribution in [0.15, 0.2) is 0 Å². The number of unbranched alkanes of at least 4 members (excludes halogenated alkanes) is 1. The molecule has 0 aromatic heterocycles. The smallest absolute Gasteiger partial charge is 0.236 e. The van der Waals surface area contributed by atoms with Crippen molar-refractivity contribution in [2.45, 2.75) is 64.3 Å². The third kappa shape index (κ3) is 17.9. The highest BCUT2D eigenvalue weighted by Crippen LogP contribution is 1.95. The van der Waals surface area contributed by atoms with E-state index in [1.165, 1.54) is 0 Å². The number of nitrogens with one attached hydrogen (secondary N) is 4. The number of nitrogens with two attached hydrogens (primary N) is 2. The van der Waals surface area contributed by atoms with Gasteiger partial charge in [-0.15, -0.1) is 0 Å². The molecule has 0 saturated heterocycles. The lowest BCUT2D eigenvalue weighted by molar-refractivity contribution is -0.122. The van der Waals surface area contributed by atoms with Crippen LogP contribution in [-0.4, -0.2) is 63.7 Å². The van der Waals surface area contributed by atoms with Crippen molar-refractivity contribution >= 4 is 11.8 Å². The third-order valence-corrected chi connectivity index (χ3v) is 4.17. The van der Waals surface area contributed by atoms with Gasteiger partial charge in [0.05, 0.1) is 6.04 Å². The van der Waals surface area contributed by atoms with Crippen molar-refractivity contribution in [3.05, 3.63) is 0 Å². The molecule has 0 fully saturated rings. The molecule has 0 radical (unpaired) electrons. The van der Waals surface area contributed by atoms with Crippen molar-refractivity contribution in [3.8, 4) is 0 Å². The molecule has 0 bridgehead atoms. The summed E-state index contributed by atoms with van der Waals surface area (Å²) < 4.78 is 0. The first-order chi connectivity index (χ1) is 13.1. The average molecular weight is 387 g/mol. The van der Waals surface area contributed by atoms with E-state index in [-0.39, 0.29) is 11.8 Å². The van der Waals surface area contributed by atoms with Crippen LogP contribution in [0.2, 0.25) is 0 Å². The molecule has 160 valence electrons. The molecule has 8 N–H and O–H groups in total. The molecule has 0 aliphatic heterocycles. The van der Waals surface area contributed by atoms with Crippen molar-refractivity contribution < 1.29 is 9.59 Å². The molecule has 0 aromatic carbocycles. The predicted octanol–water partition coefficient (Wildman–Crippen LogP) is -0.175. The number of rotatable bonds is 19. The fourth-order valence-corrected chi connectivity index (χ4v) is 2.53. The number of hydrogen-bond acceptors (Lipinski definition) is 6. The van der Waals surface area contributed by atoms with Gasteiger partial charge in [-0.1, -0.05) is 6.92 Å². The summed E-state index contributed by atoms with van der Waals surface area (Å²) in [6.45, 7) is 7.85. The summed E-state index contributed by atoms with van der Waals surface area (Å²) in [5.41, 5.74) is 11.3. The Morgan fingerprint density at radius 3 is 2.04 bits per heavy atom. The molecule has 8 heteroatoms. The van der Waals surface area contributed by atoms with Gasteiger partial charge in [0.2, 0.25) is 11.8 Å². The van der Waals surface area contributed by atoms with Crippen LogP contribution in [0.1, 0.15) is 58.3 Å². The number of hydrogen-bond donors (Lipinski definition) is 6. The van der Waals surface area contributed by atoms with Crippen molar-refractivity contribution in [3.63, 3.8) is 0 Å². The number of amides is 2. The fourth-order valence-electron chi connectivity index (χ4n) is 2.53. The third-order valence-electron chi connectivity index (χ3n) is 4.17. The van der Waals surface area contributed by atoms with Gasteiger partial charge in [-0.3, -0.25) is 9.59 Å². The maximum atomic E-state index is 11.9. The van der Waals surface area contributed by atoms with E-state index in [1.54, 1.807) is 0 Å². The molecule has 8 nitrogen and oxygen atoms in total. The Morgan fingerprint density at radius 1 is 0.815 bits per heavy atom. The van der Waals surface area contributed by atoms with E-state index in [2.05, 4.69) is 21.3 Å². The van der Waals surface area contributed by atoms with Crippen LogP contribution in [-0.2, 0) is 9.59 Å². The van der Waals surface area contributed by atoms with Gasteiger partial charge in [-0.25, -0.2) is 0 Å². The van der Waals surface area contributed by atoms with E-state index in [1.807, 2.05) is 6.92 Å². The summed E-state index contributed by atoms with van der Waals surface area (Å²) in [5, 5.41) is 12.4. The first-order valence-corrected chi connectivity index (χ1v) is 10.5. The highest BCUT2D eigenvalue weighted by atomic mass is 16.2. The normalized spacial score (nSPS) is 12.0. The van der Waals surface area contributed by atoms with Gasteiger partial charge >= 0.3 is 0 Å². The van der Waals surface area contributed by atoms with Crippen LogP contribution in [0, 0.1) is 0 Å². The van der Waals surface area contributed by atoms with Crippen LogP contribution in [0.3, 0.4) is 0 Å². The lowest BCUT2D eigenvalue weighted by Crippen LogP contribution is -2.41. The monoisotopic (exact) mass is 386 g/mol. The molecule has 0 saturated carbocycles. The number of carbonyl (C=O) groups is 2. The molecule has 2 amide bonds. The summed E-state index contributed by atoms with van der Waals surface area (Å²) in [6, 6.07) is -0.507. The van der Waals surface area contributed by atoms with Crippen LogP contribution in [0.4, 0.5) is 0 Å². The van der Waals surface area contributed by atoms with Crippen molar-refractivity contribution in [2.75, 3.05) is 45.8 Å². The second-order valence-electron chi connectivity index (χ2n) is 6.84. The largest absolute Gasteiger partial charge is 0.356 e. The van der Waals surface area contributed by atoms with E-state index in [4.69, 9.17) is 11.5 Å². The van der Waals surface area contributed by atoms with Crippen LogP contribution < -0.4 is 32.7 Å². The summed E-state index contributed by atoms with van der Waals surface area (Å²) >= 11 is 0. The lowest BCUT2D eigenvalue weighted by atomic mass is 10.1. The number of carbonyl (C=O) groups excluding carboxylic acids is 2. The minimum Gasteiger partial charge on any atom is -0.356 e. The van der Waals surface area contributed by atoms with Crippen LogP contribution in [0.5, 0.6) is 0 Å². The van der Waals surface area contributed by atoms with E-state index < -0.39 is 6.04 Å². The fraction of sp³-hybridized carbons (Fsp3) is 0.895. The molecular formula is C19H42N6O2. The van der Waals surface area contributed by atoms with Gasteiger partial charge in [-0.05, 0) is 77.7 Å².